The molecule has 0 radical (unpaired) electrons. The van der Waals surface area contributed by atoms with Crippen molar-refractivity contribution >= 4 is 17.6 Å². The maximum Gasteiger partial charge on any atom is 0.322 e. The van der Waals surface area contributed by atoms with Crippen LogP contribution in [0.25, 0.3) is 0 Å². The zero-order valence-electron chi connectivity index (χ0n) is 11.9. The molecule has 0 aliphatic rings. The van der Waals surface area contributed by atoms with Crippen molar-refractivity contribution in [1.29, 1.82) is 0 Å². The Morgan fingerprint density at radius 1 is 1.16 bits per heavy atom. The monoisotopic (exact) mass is 263 g/mol. The van der Waals surface area contributed by atoms with E-state index < -0.39 is 0 Å². The van der Waals surface area contributed by atoms with Crippen LogP contribution in [0.1, 0.15) is 20.8 Å². The number of carbonyl (C=O) groups is 2. The van der Waals surface area contributed by atoms with Gasteiger partial charge in [0.25, 0.3) is 0 Å². The molecule has 1 rings (SSSR count). The SMILES string of the molecule is CN(CC(=O)NC(C)(C)C)C(=O)Nc1ccccc1. The van der Waals surface area contributed by atoms with Gasteiger partial charge in [-0.3, -0.25) is 4.79 Å². The van der Waals surface area contributed by atoms with E-state index in [4.69, 9.17) is 0 Å². The molecule has 104 valence electrons. The Hall–Kier alpha value is -2.04. The van der Waals surface area contributed by atoms with E-state index in [0.29, 0.717) is 5.69 Å². The van der Waals surface area contributed by atoms with E-state index in [1.54, 1.807) is 19.2 Å². The van der Waals surface area contributed by atoms with Gasteiger partial charge in [0.05, 0.1) is 0 Å². The van der Waals surface area contributed by atoms with Crippen LogP contribution in [-0.2, 0) is 4.79 Å². The molecule has 0 heterocycles. The molecule has 0 spiro atoms. The minimum Gasteiger partial charge on any atom is -0.350 e. The Morgan fingerprint density at radius 3 is 2.26 bits per heavy atom. The highest BCUT2D eigenvalue weighted by molar-refractivity contribution is 5.92. The predicted octanol–water partition coefficient (Wildman–Crippen LogP) is 2.06. The molecule has 1 aromatic carbocycles. The summed E-state index contributed by atoms with van der Waals surface area (Å²) in [5.41, 5.74) is 0.406. The third kappa shape index (κ3) is 5.90. The van der Waals surface area contributed by atoms with Gasteiger partial charge in [-0.1, -0.05) is 18.2 Å². The lowest BCUT2D eigenvalue weighted by atomic mass is 10.1. The molecule has 0 aliphatic heterocycles. The largest absolute Gasteiger partial charge is 0.350 e. The quantitative estimate of drug-likeness (QED) is 0.877. The Labute approximate surface area is 114 Å². The first kappa shape index (κ1) is 15.0. The fraction of sp³-hybridized carbons (Fsp3) is 0.429. The van der Waals surface area contributed by atoms with Gasteiger partial charge >= 0.3 is 6.03 Å². The van der Waals surface area contributed by atoms with E-state index in [2.05, 4.69) is 10.6 Å². The number of hydrogen-bond acceptors (Lipinski definition) is 2. The Morgan fingerprint density at radius 2 is 1.74 bits per heavy atom. The minimum absolute atomic E-state index is 0.0237. The molecular weight excluding hydrogens is 242 g/mol. The molecule has 0 bridgehead atoms. The zero-order chi connectivity index (χ0) is 14.5. The second-order valence-electron chi connectivity index (χ2n) is 5.45. The second kappa shape index (κ2) is 6.22. The summed E-state index contributed by atoms with van der Waals surface area (Å²) in [5, 5.41) is 5.53. The van der Waals surface area contributed by atoms with Crippen LogP contribution in [0, 0.1) is 0 Å². The van der Waals surface area contributed by atoms with E-state index >= 15 is 0 Å². The number of rotatable bonds is 3. The molecule has 2 N–H and O–H groups in total. The summed E-state index contributed by atoms with van der Waals surface area (Å²) in [6.45, 7) is 5.72. The number of likely N-dealkylation sites (N-methyl/N-ethyl adjacent to an activating group) is 1. The van der Waals surface area contributed by atoms with Crippen molar-refractivity contribution in [3.05, 3.63) is 30.3 Å². The molecular formula is C14H21N3O2. The van der Waals surface area contributed by atoms with Crippen LogP contribution >= 0.6 is 0 Å². The summed E-state index contributed by atoms with van der Waals surface area (Å²) >= 11 is 0. The molecule has 0 saturated heterocycles. The summed E-state index contributed by atoms with van der Waals surface area (Å²) < 4.78 is 0. The van der Waals surface area contributed by atoms with Crippen molar-refractivity contribution in [2.24, 2.45) is 0 Å². The zero-order valence-corrected chi connectivity index (χ0v) is 11.9. The summed E-state index contributed by atoms with van der Waals surface area (Å²) in [5.74, 6) is -0.182. The number of anilines is 1. The molecule has 0 unspecified atom stereocenters. The van der Waals surface area contributed by atoms with Crippen LogP contribution < -0.4 is 10.6 Å². The van der Waals surface area contributed by atoms with Gasteiger partial charge in [0, 0.05) is 18.3 Å². The number of nitrogens with one attached hydrogen (secondary N) is 2. The van der Waals surface area contributed by atoms with Crippen LogP contribution in [0.3, 0.4) is 0 Å². The Balaban J connectivity index is 2.47. The molecule has 5 nitrogen and oxygen atoms in total. The topological polar surface area (TPSA) is 61.4 Å². The number of urea groups is 1. The number of benzene rings is 1. The first-order chi connectivity index (χ1) is 8.78. The molecule has 0 atom stereocenters. The van der Waals surface area contributed by atoms with Crippen LogP contribution in [-0.4, -0.2) is 36.0 Å². The van der Waals surface area contributed by atoms with Crippen molar-refractivity contribution < 1.29 is 9.59 Å². The molecule has 0 aromatic heterocycles. The summed E-state index contributed by atoms with van der Waals surface area (Å²) in [4.78, 5) is 24.9. The second-order valence-corrected chi connectivity index (χ2v) is 5.45. The van der Waals surface area contributed by atoms with E-state index in [0.717, 1.165) is 0 Å². The minimum atomic E-state index is -0.310. The number of amides is 3. The molecule has 0 saturated carbocycles. The smallest absolute Gasteiger partial charge is 0.322 e. The van der Waals surface area contributed by atoms with Gasteiger partial charge in [0.2, 0.25) is 5.91 Å². The highest BCUT2D eigenvalue weighted by Gasteiger charge is 2.17. The number of carbonyl (C=O) groups excluding carboxylic acids is 2. The molecule has 19 heavy (non-hydrogen) atoms. The lowest BCUT2D eigenvalue weighted by molar-refractivity contribution is -0.122. The highest BCUT2D eigenvalue weighted by Crippen LogP contribution is 2.06. The highest BCUT2D eigenvalue weighted by atomic mass is 16.2. The van der Waals surface area contributed by atoms with E-state index in [1.165, 1.54) is 4.90 Å². The third-order valence-corrected chi connectivity index (χ3v) is 2.27. The standard InChI is InChI=1S/C14H21N3O2/c1-14(2,3)16-12(18)10-17(4)13(19)15-11-8-6-5-7-9-11/h5-9H,10H2,1-4H3,(H,15,19)(H,16,18). The van der Waals surface area contributed by atoms with E-state index in [1.807, 2.05) is 39.0 Å². The van der Waals surface area contributed by atoms with E-state index in [9.17, 15) is 9.59 Å². The average Bonchev–Trinajstić information content (AvgIpc) is 2.27. The molecule has 5 heteroatoms. The van der Waals surface area contributed by atoms with Crippen molar-refractivity contribution in [2.45, 2.75) is 26.3 Å². The maximum atomic E-state index is 11.8. The average molecular weight is 263 g/mol. The first-order valence-electron chi connectivity index (χ1n) is 6.16. The number of para-hydroxylation sites is 1. The van der Waals surface area contributed by atoms with Gasteiger partial charge in [-0.05, 0) is 32.9 Å². The van der Waals surface area contributed by atoms with Gasteiger partial charge in [-0.15, -0.1) is 0 Å². The van der Waals surface area contributed by atoms with Gasteiger partial charge in [-0.25, -0.2) is 4.79 Å². The summed E-state index contributed by atoms with van der Waals surface area (Å²) in [7, 11) is 1.58. The van der Waals surface area contributed by atoms with Crippen molar-refractivity contribution in [2.75, 3.05) is 18.9 Å². The molecule has 3 amide bonds. The Bertz CT molecular complexity index is 438. The fourth-order valence-corrected chi connectivity index (χ4v) is 1.49. The van der Waals surface area contributed by atoms with Gasteiger partial charge in [-0.2, -0.15) is 0 Å². The molecule has 0 fully saturated rings. The van der Waals surface area contributed by atoms with Gasteiger partial charge in [0.15, 0.2) is 0 Å². The maximum absolute atomic E-state index is 11.8. The predicted molar refractivity (Wildman–Crippen MR) is 76.0 cm³/mol. The summed E-state index contributed by atoms with van der Waals surface area (Å²) in [6, 6.07) is 8.82. The van der Waals surface area contributed by atoms with Crippen LogP contribution in [0.2, 0.25) is 0 Å². The van der Waals surface area contributed by atoms with Crippen molar-refractivity contribution in [3.63, 3.8) is 0 Å². The lowest BCUT2D eigenvalue weighted by Crippen LogP contribution is -2.47. The van der Waals surface area contributed by atoms with E-state index in [-0.39, 0.29) is 24.0 Å². The lowest BCUT2D eigenvalue weighted by Gasteiger charge is -2.23. The first-order valence-corrected chi connectivity index (χ1v) is 6.16. The van der Waals surface area contributed by atoms with Crippen LogP contribution in [0.15, 0.2) is 30.3 Å². The summed E-state index contributed by atoms with van der Waals surface area (Å²) in [6.07, 6.45) is 0. The molecule has 0 aliphatic carbocycles. The molecule has 1 aromatic rings. The fourth-order valence-electron chi connectivity index (χ4n) is 1.49. The van der Waals surface area contributed by atoms with Crippen molar-refractivity contribution in [3.8, 4) is 0 Å². The normalized spacial score (nSPS) is 10.7. The number of nitrogens with zero attached hydrogens (tertiary/aromatic N) is 1. The Kier molecular flexibility index (Phi) is 4.92. The van der Waals surface area contributed by atoms with Gasteiger partial charge in [0.1, 0.15) is 6.54 Å². The van der Waals surface area contributed by atoms with Crippen LogP contribution in [0.4, 0.5) is 10.5 Å². The number of hydrogen-bond donors (Lipinski definition) is 2. The van der Waals surface area contributed by atoms with Crippen LogP contribution in [0.5, 0.6) is 0 Å². The van der Waals surface area contributed by atoms with Gasteiger partial charge < -0.3 is 15.5 Å². The van der Waals surface area contributed by atoms with Crippen molar-refractivity contribution in [1.82, 2.24) is 10.2 Å². The third-order valence-electron chi connectivity index (χ3n) is 2.27.